The minimum Gasteiger partial charge on any atom is -0.490 e. The number of hydrogen-bond donors (Lipinski definition) is 2. The fraction of sp³-hybridized carbons (Fsp3) is 0.250. The molecule has 0 radical (unpaired) electrons. The molecule has 3 aromatic rings. The van der Waals surface area contributed by atoms with Crippen LogP contribution in [0.1, 0.15) is 42.3 Å². The normalized spacial score (nSPS) is 11.7. The van der Waals surface area contributed by atoms with Crippen molar-refractivity contribution in [3.8, 4) is 11.5 Å². The van der Waals surface area contributed by atoms with Crippen molar-refractivity contribution in [2.75, 3.05) is 6.61 Å². The van der Waals surface area contributed by atoms with E-state index >= 15 is 0 Å². The Morgan fingerprint density at radius 1 is 1.05 bits per heavy atom. The molecule has 10 nitrogen and oxygen atoms in total. The summed E-state index contributed by atoms with van der Waals surface area (Å²) in [6, 6.07) is 17.0. The van der Waals surface area contributed by atoms with Crippen molar-refractivity contribution in [3.63, 3.8) is 0 Å². The summed E-state index contributed by atoms with van der Waals surface area (Å²) >= 11 is 6.10. The molecule has 3 aromatic carbocycles. The largest absolute Gasteiger partial charge is 0.490 e. The molecule has 11 heteroatoms. The Hall–Kier alpha value is -4.44. The molecule has 204 valence electrons. The SMILES string of the molecule is CCOc1cc(C=NNC(=O)C(NC(=O)c2ccccc2Cl)C(C)C)ccc1OCc1ccc([N+](=O)[O-])cc1. The Balaban J connectivity index is 1.63. The van der Waals surface area contributed by atoms with Crippen molar-refractivity contribution < 1.29 is 24.0 Å². The van der Waals surface area contributed by atoms with Crippen LogP contribution in [0.15, 0.2) is 71.8 Å². The maximum atomic E-state index is 12.8. The summed E-state index contributed by atoms with van der Waals surface area (Å²) in [6.07, 6.45) is 1.45. The monoisotopic (exact) mass is 552 g/mol. The van der Waals surface area contributed by atoms with E-state index in [1.807, 2.05) is 20.8 Å². The third-order valence-electron chi connectivity index (χ3n) is 5.55. The molecule has 39 heavy (non-hydrogen) atoms. The molecule has 0 aliphatic rings. The molecule has 0 aromatic heterocycles. The number of non-ortho nitro benzene ring substituents is 1. The quantitative estimate of drug-likeness (QED) is 0.182. The van der Waals surface area contributed by atoms with Gasteiger partial charge in [0.1, 0.15) is 12.6 Å². The number of carbonyl (C=O) groups excluding carboxylic acids is 2. The third kappa shape index (κ3) is 8.27. The Morgan fingerprint density at radius 3 is 2.41 bits per heavy atom. The maximum absolute atomic E-state index is 12.8. The van der Waals surface area contributed by atoms with Gasteiger partial charge in [-0.1, -0.05) is 37.6 Å². The molecule has 0 saturated heterocycles. The molecule has 2 N–H and O–H groups in total. The molecule has 0 spiro atoms. The highest BCUT2D eigenvalue weighted by Crippen LogP contribution is 2.29. The van der Waals surface area contributed by atoms with Gasteiger partial charge in [0.15, 0.2) is 11.5 Å². The van der Waals surface area contributed by atoms with E-state index < -0.39 is 22.8 Å². The first kappa shape index (κ1) is 29.1. The van der Waals surface area contributed by atoms with E-state index in [0.29, 0.717) is 28.7 Å². The summed E-state index contributed by atoms with van der Waals surface area (Å²) in [6.45, 7) is 6.05. The van der Waals surface area contributed by atoms with E-state index in [1.54, 1.807) is 54.6 Å². The van der Waals surface area contributed by atoms with Gasteiger partial charge < -0.3 is 14.8 Å². The molecule has 0 aliphatic heterocycles. The van der Waals surface area contributed by atoms with Gasteiger partial charge in [0.25, 0.3) is 17.5 Å². The number of nitro benzene ring substituents is 1. The van der Waals surface area contributed by atoms with Gasteiger partial charge in [0.2, 0.25) is 0 Å². The molecule has 1 unspecified atom stereocenters. The number of benzene rings is 3. The van der Waals surface area contributed by atoms with Crippen LogP contribution >= 0.6 is 11.6 Å². The van der Waals surface area contributed by atoms with Crippen LogP contribution in [0.3, 0.4) is 0 Å². The van der Waals surface area contributed by atoms with Gasteiger partial charge in [0, 0.05) is 12.1 Å². The molecule has 0 fully saturated rings. The van der Waals surface area contributed by atoms with Crippen molar-refractivity contribution in [2.24, 2.45) is 11.0 Å². The van der Waals surface area contributed by atoms with Gasteiger partial charge in [0.05, 0.1) is 28.3 Å². The number of amides is 2. The summed E-state index contributed by atoms with van der Waals surface area (Å²) in [5, 5.41) is 17.9. The minimum absolute atomic E-state index is 0.00664. The van der Waals surface area contributed by atoms with Crippen molar-refractivity contribution in [3.05, 3.63) is 98.6 Å². The highest BCUT2D eigenvalue weighted by molar-refractivity contribution is 6.33. The molecule has 2 amide bonds. The zero-order valence-electron chi connectivity index (χ0n) is 21.7. The van der Waals surface area contributed by atoms with Crippen LogP contribution in [-0.2, 0) is 11.4 Å². The second kappa shape index (κ2) is 13.9. The first-order valence-corrected chi connectivity index (χ1v) is 12.6. The lowest BCUT2D eigenvalue weighted by molar-refractivity contribution is -0.384. The van der Waals surface area contributed by atoms with Gasteiger partial charge in [-0.2, -0.15) is 5.10 Å². The van der Waals surface area contributed by atoms with Gasteiger partial charge in [-0.15, -0.1) is 0 Å². The number of rotatable bonds is 12. The third-order valence-corrected chi connectivity index (χ3v) is 5.88. The minimum atomic E-state index is -0.833. The first-order chi connectivity index (χ1) is 18.7. The predicted molar refractivity (Wildman–Crippen MR) is 148 cm³/mol. The van der Waals surface area contributed by atoms with Crippen molar-refractivity contribution >= 4 is 35.3 Å². The smallest absolute Gasteiger partial charge is 0.269 e. The average molecular weight is 553 g/mol. The summed E-state index contributed by atoms with van der Waals surface area (Å²) in [5.41, 5.74) is 4.16. The van der Waals surface area contributed by atoms with Crippen molar-refractivity contribution in [1.82, 2.24) is 10.7 Å². The maximum Gasteiger partial charge on any atom is 0.269 e. The summed E-state index contributed by atoms with van der Waals surface area (Å²) in [4.78, 5) is 35.8. The molecule has 0 heterocycles. The summed E-state index contributed by atoms with van der Waals surface area (Å²) in [7, 11) is 0. The summed E-state index contributed by atoms with van der Waals surface area (Å²) in [5.74, 6) is -0.178. The highest BCUT2D eigenvalue weighted by atomic mass is 35.5. The number of hydrazone groups is 1. The van der Waals surface area contributed by atoms with Gasteiger partial charge in [-0.3, -0.25) is 19.7 Å². The number of nitrogens with one attached hydrogen (secondary N) is 2. The van der Waals surface area contributed by atoms with E-state index in [-0.39, 0.29) is 23.8 Å². The second-order valence-corrected chi connectivity index (χ2v) is 9.17. The fourth-order valence-corrected chi connectivity index (χ4v) is 3.73. The van der Waals surface area contributed by atoms with Crippen LogP contribution in [0.25, 0.3) is 0 Å². The van der Waals surface area contributed by atoms with Gasteiger partial charge in [-0.05, 0) is 66.4 Å². The van der Waals surface area contributed by atoms with Crippen molar-refractivity contribution in [1.29, 1.82) is 0 Å². The lowest BCUT2D eigenvalue weighted by Gasteiger charge is -2.20. The number of hydrogen-bond acceptors (Lipinski definition) is 7. The van der Waals surface area contributed by atoms with E-state index in [0.717, 1.165) is 5.56 Å². The van der Waals surface area contributed by atoms with Crippen LogP contribution in [0.2, 0.25) is 5.02 Å². The molecule has 1 atom stereocenters. The van der Waals surface area contributed by atoms with E-state index in [9.17, 15) is 19.7 Å². The number of nitro groups is 1. The lowest BCUT2D eigenvalue weighted by Crippen LogP contribution is -2.48. The van der Waals surface area contributed by atoms with Crippen LogP contribution in [0, 0.1) is 16.0 Å². The number of nitrogens with zero attached hydrogens (tertiary/aromatic N) is 2. The Labute approximate surface area is 231 Å². The predicted octanol–water partition coefficient (Wildman–Crippen LogP) is 5.13. The first-order valence-electron chi connectivity index (χ1n) is 12.2. The molecule has 0 aliphatic carbocycles. The molecule has 3 rings (SSSR count). The Morgan fingerprint density at radius 2 is 1.77 bits per heavy atom. The Kier molecular flexibility index (Phi) is 10.4. The molecule has 0 saturated carbocycles. The van der Waals surface area contributed by atoms with E-state index in [1.165, 1.54) is 18.3 Å². The highest BCUT2D eigenvalue weighted by Gasteiger charge is 2.25. The standard InChI is InChI=1S/C28H29ClN4O6/c1-4-38-25-15-20(11-14-24(25)39-17-19-9-12-21(13-10-19)33(36)37)16-30-32-28(35)26(18(2)3)31-27(34)22-7-5-6-8-23(22)29/h5-16,18,26H,4,17H2,1-3H3,(H,31,34)(H,32,35). The summed E-state index contributed by atoms with van der Waals surface area (Å²) < 4.78 is 11.5. The topological polar surface area (TPSA) is 132 Å². The van der Waals surface area contributed by atoms with E-state index in [4.69, 9.17) is 21.1 Å². The van der Waals surface area contributed by atoms with Crippen molar-refractivity contribution in [2.45, 2.75) is 33.4 Å². The second-order valence-electron chi connectivity index (χ2n) is 8.76. The van der Waals surface area contributed by atoms with Crippen LogP contribution in [0.4, 0.5) is 5.69 Å². The number of carbonyl (C=O) groups is 2. The average Bonchev–Trinajstić information content (AvgIpc) is 2.91. The van der Waals surface area contributed by atoms with Gasteiger partial charge in [-0.25, -0.2) is 5.43 Å². The zero-order valence-corrected chi connectivity index (χ0v) is 22.5. The van der Waals surface area contributed by atoms with Crippen LogP contribution < -0.4 is 20.2 Å². The van der Waals surface area contributed by atoms with Crippen LogP contribution in [-0.4, -0.2) is 35.6 Å². The fourth-order valence-electron chi connectivity index (χ4n) is 3.51. The lowest BCUT2D eigenvalue weighted by atomic mass is 10.0. The molecular formula is C28H29ClN4O6. The van der Waals surface area contributed by atoms with E-state index in [2.05, 4.69) is 15.8 Å². The zero-order chi connectivity index (χ0) is 28.4. The van der Waals surface area contributed by atoms with Crippen LogP contribution in [0.5, 0.6) is 11.5 Å². The number of halogens is 1. The van der Waals surface area contributed by atoms with Gasteiger partial charge >= 0.3 is 0 Å². The molecular weight excluding hydrogens is 524 g/mol. The Bertz CT molecular complexity index is 1340. The number of ether oxygens (including phenoxy) is 2. The molecule has 0 bridgehead atoms.